The predicted octanol–water partition coefficient (Wildman–Crippen LogP) is 6.92. The molecule has 1 spiro atoms. The average molecular weight is 583 g/mol. The van der Waals surface area contributed by atoms with Gasteiger partial charge >= 0.3 is 12.1 Å². The van der Waals surface area contributed by atoms with Gasteiger partial charge < -0.3 is 14.7 Å². The number of carboxylic acid groups (broad SMARTS) is 1. The SMILES string of the molecule is CC(C)CCOc1ccccc1CN1CCC2(CC1)CCN(C(=O)c1ccc(Cl)cc1)CC2.O=C(O)C(F)(F)F. The number of para-hydroxylation sites is 1. The number of piperidine rings is 2. The summed E-state index contributed by atoms with van der Waals surface area (Å²) < 4.78 is 37.8. The van der Waals surface area contributed by atoms with Crippen LogP contribution in [-0.4, -0.2) is 65.7 Å². The van der Waals surface area contributed by atoms with Crippen molar-refractivity contribution in [3.8, 4) is 5.75 Å². The Morgan fingerprint density at radius 1 is 0.975 bits per heavy atom. The van der Waals surface area contributed by atoms with Crippen LogP contribution in [0.5, 0.6) is 5.75 Å². The normalized spacial score (nSPS) is 17.3. The number of aliphatic carboxylic acids is 1. The summed E-state index contributed by atoms with van der Waals surface area (Å²) in [5, 5.41) is 7.79. The van der Waals surface area contributed by atoms with E-state index >= 15 is 0 Å². The highest BCUT2D eigenvalue weighted by Gasteiger charge is 2.39. The second kappa shape index (κ2) is 14.2. The molecule has 0 aliphatic carbocycles. The Bertz CT molecular complexity index is 1110. The van der Waals surface area contributed by atoms with Crippen LogP contribution in [-0.2, 0) is 11.3 Å². The molecule has 1 N–H and O–H groups in total. The molecule has 2 aromatic carbocycles. The molecule has 1 amide bonds. The van der Waals surface area contributed by atoms with E-state index < -0.39 is 12.1 Å². The first-order valence-electron chi connectivity index (χ1n) is 13.7. The van der Waals surface area contributed by atoms with Crippen molar-refractivity contribution in [2.75, 3.05) is 32.8 Å². The molecule has 2 fully saturated rings. The van der Waals surface area contributed by atoms with Crippen LogP contribution in [0.1, 0.15) is 61.9 Å². The van der Waals surface area contributed by atoms with Crippen molar-refractivity contribution in [1.29, 1.82) is 0 Å². The molecular formula is C30H38ClF3N2O4. The van der Waals surface area contributed by atoms with E-state index in [4.69, 9.17) is 26.2 Å². The van der Waals surface area contributed by atoms with E-state index in [2.05, 4.69) is 43.0 Å². The first-order chi connectivity index (χ1) is 18.9. The fraction of sp³-hybridized carbons (Fsp3) is 0.533. The minimum Gasteiger partial charge on any atom is -0.493 e. The second-order valence-electron chi connectivity index (χ2n) is 11.0. The molecule has 2 aromatic rings. The number of benzene rings is 2. The Morgan fingerprint density at radius 2 is 1.52 bits per heavy atom. The first kappa shape index (κ1) is 31.7. The zero-order valence-corrected chi connectivity index (χ0v) is 23.8. The molecule has 0 atom stereocenters. The highest BCUT2D eigenvalue weighted by atomic mass is 35.5. The van der Waals surface area contributed by atoms with Crippen LogP contribution in [0.4, 0.5) is 13.2 Å². The predicted molar refractivity (Wildman–Crippen MR) is 149 cm³/mol. The third-order valence-corrected chi connectivity index (χ3v) is 7.93. The number of alkyl halides is 3. The van der Waals surface area contributed by atoms with E-state index in [0.717, 1.165) is 69.9 Å². The van der Waals surface area contributed by atoms with E-state index in [0.29, 0.717) is 16.4 Å². The van der Waals surface area contributed by atoms with E-state index in [1.165, 1.54) is 18.4 Å². The van der Waals surface area contributed by atoms with Crippen LogP contribution < -0.4 is 4.74 Å². The fourth-order valence-electron chi connectivity index (χ4n) is 5.07. The van der Waals surface area contributed by atoms with Gasteiger partial charge in [0.25, 0.3) is 5.91 Å². The Hall–Kier alpha value is -2.78. The minimum absolute atomic E-state index is 0.132. The molecule has 220 valence electrons. The summed E-state index contributed by atoms with van der Waals surface area (Å²) in [6, 6.07) is 15.7. The summed E-state index contributed by atoms with van der Waals surface area (Å²) >= 11 is 5.97. The van der Waals surface area contributed by atoms with Gasteiger partial charge in [-0.2, -0.15) is 13.2 Å². The average Bonchev–Trinajstić information content (AvgIpc) is 2.91. The zero-order valence-electron chi connectivity index (χ0n) is 23.1. The number of rotatable bonds is 7. The van der Waals surface area contributed by atoms with Gasteiger partial charge in [-0.3, -0.25) is 9.69 Å². The van der Waals surface area contributed by atoms with Gasteiger partial charge in [-0.25, -0.2) is 4.79 Å². The topological polar surface area (TPSA) is 70.1 Å². The van der Waals surface area contributed by atoms with Gasteiger partial charge in [0.2, 0.25) is 0 Å². The van der Waals surface area contributed by atoms with Crippen molar-refractivity contribution in [3.05, 3.63) is 64.7 Å². The van der Waals surface area contributed by atoms with Crippen molar-refractivity contribution in [2.24, 2.45) is 11.3 Å². The van der Waals surface area contributed by atoms with Crippen molar-refractivity contribution in [1.82, 2.24) is 9.80 Å². The Labute approximate surface area is 239 Å². The van der Waals surface area contributed by atoms with Gasteiger partial charge in [0.1, 0.15) is 5.75 Å². The quantitative estimate of drug-likeness (QED) is 0.384. The van der Waals surface area contributed by atoms with Crippen LogP contribution in [0.15, 0.2) is 48.5 Å². The molecule has 40 heavy (non-hydrogen) atoms. The Kier molecular flexibility index (Phi) is 11.3. The van der Waals surface area contributed by atoms with Crippen LogP contribution in [0.3, 0.4) is 0 Å². The third-order valence-electron chi connectivity index (χ3n) is 7.68. The standard InChI is InChI=1S/C28H37ClN2O2.C2HF3O2/c1-22(2)11-20-33-26-6-4-3-5-24(26)21-30-16-12-28(13-17-30)14-18-31(19-15-28)27(32)23-7-9-25(29)10-8-23;3-2(4,5)1(6)7/h3-10,22H,11-21H2,1-2H3;(H,6,7). The van der Waals surface area contributed by atoms with Gasteiger partial charge in [-0.15, -0.1) is 0 Å². The number of carbonyl (C=O) groups excluding carboxylic acids is 1. The monoisotopic (exact) mass is 582 g/mol. The molecule has 2 saturated heterocycles. The lowest BCUT2D eigenvalue weighted by Crippen LogP contribution is -2.48. The fourth-order valence-corrected chi connectivity index (χ4v) is 5.19. The van der Waals surface area contributed by atoms with Gasteiger partial charge in [0.05, 0.1) is 6.61 Å². The number of likely N-dealkylation sites (tertiary alicyclic amines) is 2. The van der Waals surface area contributed by atoms with Crippen molar-refractivity contribution < 1.29 is 32.6 Å². The van der Waals surface area contributed by atoms with E-state index in [-0.39, 0.29) is 5.91 Å². The van der Waals surface area contributed by atoms with Crippen molar-refractivity contribution in [2.45, 2.75) is 58.7 Å². The summed E-state index contributed by atoms with van der Waals surface area (Å²) in [4.78, 5) is 26.3. The first-order valence-corrected chi connectivity index (χ1v) is 14.0. The smallest absolute Gasteiger partial charge is 0.490 e. The lowest BCUT2D eigenvalue weighted by Gasteiger charge is -2.47. The largest absolute Gasteiger partial charge is 0.493 e. The number of ether oxygens (including phenoxy) is 1. The molecule has 0 bridgehead atoms. The number of halogens is 4. The maximum atomic E-state index is 12.8. The molecule has 0 unspecified atom stereocenters. The summed E-state index contributed by atoms with van der Waals surface area (Å²) in [5.74, 6) is -0.934. The highest BCUT2D eigenvalue weighted by Crippen LogP contribution is 2.42. The van der Waals surface area contributed by atoms with Crippen LogP contribution in [0.25, 0.3) is 0 Å². The summed E-state index contributed by atoms with van der Waals surface area (Å²) in [7, 11) is 0. The lowest BCUT2D eigenvalue weighted by atomic mass is 9.71. The maximum Gasteiger partial charge on any atom is 0.490 e. The summed E-state index contributed by atoms with van der Waals surface area (Å²) in [6.07, 6.45) is 0.640. The van der Waals surface area contributed by atoms with Gasteiger partial charge in [-0.05, 0) is 86.9 Å². The minimum atomic E-state index is -5.08. The number of carboxylic acids is 1. The Balaban J connectivity index is 0.000000559. The molecular weight excluding hydrogens is 545 g/mol. The van der Waals surface area contributed by atoms with E-state index in [1.54, 1.807) is 12.1 Å². The molecule has 4 rings (SSSR count). The van der Waals surface area contributed by atoms with E-state index in [9.17, 15) is 18.0 Å². The zero-order chi connectivity index (χ0) is 29.3. The lowest BCUT2D eigenvalue weighted by molar-refractivity contribution is -0.192. The Morgan fingerprint density at radius 3 is 2.08 bits per heavy atom. The maximum absolute atomic E-state index is 12.8. The van der Waals surface area contributed by atoms with Gasteiger partial charge in [0.15, 0.2) is 0 Å². The molecule has 0 radical (unpaired) electrons. The molecule has 2 heterocycles. The van der Waals surface area contributed by atoms with Crippen LogP contribution in [0, 0.1) is 11.3 Å². The highest BCUT2D eigenvalue weighted by molar-refractivity contribution is 6.30. The summed E-state index contributed by atoms with van der Waals surface area (Å²) in [5.41, 5.74) is 2.42. The van der Waals surface area contributed by atoms with Crippen molar-refractivity contribution in [3.63, 3.8) is 0 Å². The number of hydrogen-bond donors (Lipinski definition) is 1. The number of amides is 1. The number of hydrogen-bond acceptors (Lipinski definition) is 4. The molecule has 0 aromatic heterocycles. The van der Waals surface area contributed by atoms with E-state index in [1.807, 2.05) is 17.0 Å². The van der Waals surface area contributed by atoms with Gasteiger partial charge in [-0.1, -0.05) is 43.6 Å². The number of carbonyl (C=O) groups is 2. The molecule has 2 aliphatic rings. The second-order valence-corrected chi connectivity index (χ2v) is 11.5. The summed E-state index contributed by atoms with van der Waals surface area (Å²) in [6.45, 7) is 10.1. The number of nitrogens with zero attached hydrogens (tertiary/aromatic N) is 2. The molecule has 10 heteroatoms. The molecule has 6 nitrogen and oxygen atoms in total. The van der Waals surface area contributed by atoms with Crippen LogP contribution >= 0.6 is 11.6 Å². The third kappa shape index (κ3) is 9.41. The van der Waals surface area contributed by atoms with Crippen LogP contribution in [0.2, 0.25) is 5.02 Å². The van der Waals surface area contributed by atoms with Crippen molar-refractivity contribution >= 4 is 23.5 Å². The molecule has 2 aliphatic heterocycles. The molecule has 0 saturated carbocycles. The van der Waals surface area contributed by atoms with Gasteiger partial charge in [0, 0.05) is 35.8 Å².